The topological polar surface area (TPSA) is 54.0 Å². The van der Waals surface area contributed by atoms with Gasteiger partial charge >= 0.3 is 0 Å². The van der Waals surface area contributed by atoms with Gasteiger partial charge in [0.2, 0.25) is 5.29 Å². The van der Waals surface area contributed by atoms with Crippen molar-refractivity contribution in [3.8, 4) is 0 Å². The molecule has 0 fully saturated rings. The Morgan fingerprint density at radius 1 is 1.70 bits per heavy atom. The first-order chi connectivity index (χ1) is 4.61. The number of rotatable bonds is 0. The third-order valence-corrected chi connectivity index (χ3v) is 1.52. The molecule has 1 heterocycles. The first-order valence-corrected chi connectivity index (χ1v) is 3.31. The van der Waals surface area contributed by atoms with Crippen LogP contribution in [-0.4, -0.2) is 22.3 Å². The molecule has 10 heavy (non-hydrogen) atoms. The van der Waals surface area contributed by atoms with E-state index >= 15 is 0 Å². The van der Waals surface area contributed by atoms with E-state index < -0.39 is 0 Å². The van der Waals surface area contributed by atoms with Crippen molar-refractivity contribution in [3.63, 3.8) is 0 Å². The van der Waals surface area contributed by atoms with Crippen LogP contribution < -0.4 is 5.84 Å². The van der Waals surface area contributed by atoms with Crippen molar-refractivity contribution in [2.24, 2.45) is 15.8 Å². The van der Waals surface area contributed by atoms with Crippen LogP contribution in [0, 0.1) is 0 Å². The van der Waals surface area contributed by atoms with Gasteiger partial charge in [0, 0.05) is 0 Å². The van der Waals surface area contributed by atoms with Gasteiger partial charge in [0.15, 0.2) is 0 Å². The van der Waals surface area contributed by atoms with Gasteiger partial charge in [-0.2, -0.15) is 0 Å². The maximum atomic E-state index is 5.63. The normalized spacial score (nSPS) is 26.0. The minimum absolute atomic E-state index is 0.106. The van der Waals surface area contributed by atoms with Gasteiger partial charge in [-0.1, -0.05) is 0 Å². The van der Waals surface area contributed by atoms with Crippen molar-refractivity contribution >= 4 is 22.7 Å². The van der Waals surface area contributed by atoms with E-state index in [1.807, 2.05) is 6.92 Å². The number of nitrogens with zero attached hydrogens (tertiary/aromatic N) is 3. The summed E-state index contributed by atoms with van der Waals surface area (Å²) in [5.74, 6) is 6.11. The Kier molecular flexibility index (Phi) is 1.92. The lowest BCUT2D eigenvalue weighted by Crippen LogP contribution is -2.43. The SMILES string of the molecule is CC1=NC(C)N(N)C(Cl)=N1. The van der Waals surface area contributed by atoms with Crippen LogP contribution in [0.1, 0.15) is 13.8 Å². The fraction of sp³-hybridized carbons (Fsp3) is 0.600. The van der Waals surface area contributed by atoms with Gasteiger partial charge in [0.25, 0.3) is 0 Å². The van der Waals surface area contributed by atoms with Gasteiger partial charge in [0.05, 0.1) is 0 Å². The largest absolute Gasteiger partial charge is 0.261 e. The van der Waals surface area contributed by atoms with Crippen molar-refractivity contribution in [1.82, 2.24) is 5.01 Å². The van der Waals surface area contributed by atoms with E-state index in [1.54, 1.807) is 6.92 Å². The molecule has 0 amide bonds. The molecule has 1 aliphatic rings. The summed E-state index contributed by atoms with van der Waals surface area (Å²) >= 11 is 5.63. The summed E-state index contributed by atoms with van der Waals surface area (Å²) < 4.78 is 0. The van der Waals surface area contributed by atoms with E-state index in [0.717, 1.165) is 0 Å². The highest BCUT2D eigenvalue weighted by Gasteiger charge is 2.15. The highest BCUT2D eigenvalue weighted by molar-refractivity contribution is 6.65. The predicted molar refractivity (Wildman–Crippen MR) is 41.9 cm³/mol. The third-order valence-electron chi connectivity index (χ3n) is 1.24. The highest BCUT2D eigenvalue weighted by atomic mass is 35.5. The van der Waals surface area contributed by atoms with Crippen molar-refractivity contribution in [2.45, 2.75) is 20.0 Å². The Morgan fingerprint density at radius 3 is 2.80 bits per heavy atom. The van der Waals surface area contributed by atoms with Crippen LogP contribution >= 0.6 is 11.6 Å². The molecule has 1 atom stereocenters. The predicted octanol–water partition coefficient (Wildman–Crippen LogP) is 0.535. The number of nitrogens with two attached hydrogens (primary N) is 1. The summed E-state index contributed by atoms with van der Waals surface area (Å²) in [6.07, 6.45) is -0.106. The van der Waals surface area contributed by atoms with Crippen molar-refractivity contribution in [3.05, 3.63) is 0 Å². The van der Waals surface area contributed by atoms with Crippen LogP contribution in [0.3, 0.4) is 0 Å². The monoisotopic (exact) mass is 160 g/mol. The van der Waals surface area contributed by atoms with Crippen molar-refractivity contribution in [2.75, 3.05) is 0 Å². The molecule has 4 nitrogen and oxygen atoms in total. The summed E-state index contributed by atoms with van der Waals surface area (Å²) in [6.45, 7) is 3.63. The minimum atomic E-state index is -0.106. The standard InChI is InChI=1S/C5H9ClN4/c1-3-8-4(2)10(7)5(6)9-3/h4H,7H2,1-2H3. The summed E-state index contributed by atoms with van der Waals surface area (Å²) in [4.78, 5) is 7.91. The fourth-order valence-electron chi connectivity index (χ4n) is 0.707. The molecule has 0 aromatic rings. The third kappa shape index (κ3) is 1.27. The molecule has 0 spiro atoms. The fourth-order valence-corrected chi connectivity index (χ4v) is 0.970. The zero-order valence-electron chi connectivity index (χ0n) is 5.87. The average Bonchev–Trinajstić information content (AvgIpc) is 1.82. The van der Waals surface area contributed by atoms with E-state index in [2.05, 4.69) is 9.98 Å². The Hall–Kier alpha value is -0.610. The summed E-state index contributed by atoms with van der Waals surface area (Å²) in [6, 6.07) is 0. The molecule has 56 valence electrons. The molecule has 0 aliphatic carbocycles. The Bertz CT molecular complexity index is 198. The van der Waals surface area contributed by atoms with E-state index in [1.165, 1.54) is 5.01 Å². The zero-order valence-corrected chi connectivity index (χ0v) is 6.63. The van der Waals surface area contributed by atoms with Gasteiger partial charge in [0.1, 0.15) is 12.0 Å². The van der Waals surface area contributed by atoms with Crippen LogP contribution in [0.5, 0.6) is 0 Å². The van der Waals surface area contributed by atoms with Gasteiger partial charge in [-0.25, -0.2) is 15.8 Å². The lowest BCUT2D eigenvalue weighted by Gasteiger charge is -2.24. The molecule has 0 saturated heterocycles. The number of hydrazine groups is 1. The molecule has 2 N–H and O–H groups in total. The number of halogens is 1. The van der Waals surface area contributed by atoms with Gasteiger partial charge in [-0.15, -0.1) is 0 Å². The molecule has 5 heteroatoms. The van der Waals surface area contributed by atoms with Crippen LogP contribution in [0.15, 0.2) is 9.98 Å². The maximum absolute atomic E-state index is 5.63. The van der Waals surface area contributed by atoms with Crippen LogP contribution in [0.2, 0.25) is 0 Å². The molecule has 0 bridgehead atoms. The Balaban J connectivity index is 2.85. The number of aliphatic imine (C=N–C) groups is 2. The second kappa shape index (κ2) is 2.56. The first kappa shape index (κ1) is 7.50. The molecule has 1 unspecified atom stereocenters. The van der Waals surface area contributed by atoms with Crippen LogP contribution in [0.4, 0.5) is 0 Å². The zero-order chi connectivity index (χ0) is 7.72. The van der Waals surface area contributed by atoms with Gasteiger partial charge in [-0.05, 0) is 25.4 Å². The smallest absolute Gasteiger partial charge is 0.216 e. The Labute approximate surface area is 64.4 Å². The lowest BCUT2D eigenvalue weighted by molar-refractivity contribution is 0.352. The van der Waals surface area contributed by atoms with Crippen molar-refractivity contribution < 1.29 is 0 Å². The van der Waals surface area contributed by atoms with E-state index in [4.69, 9.17) is 17.4 Å². The maximum Gasteiger partial charge on any atom is 0.216 e. The average molecular weight is 161 g/mol. The first-order valence-electron chi connectivity index (χ1n) is 2.94. The highest BCUT2D eigenvalue weighted by Crippen LogP contribution is 2.06. The Morgan fingerprint density at radius 2 is 2.30 bits per heavy atom. The van der Waals surface area contributed by atoms with Gasteiger partial charge < -0.3 is 0 Å². The lowest BCUT2D eigenvalue weighted by atomic mass is 10.5. The molecule has 0 aromatic heterocycles. The second-order valence-corrected chi connectivity index (χ2v) is 2.43. The molecular formula is C5H9ClN4. The number of hydrogen-bond acceptors (Lipinski definition) is 4. The quantitative estimate of drug-likeness (QED) is 0.415. The van der Waals surface area contributed by atoms with Crippen molar-refractivity contribution in [1.29, 1.82) is 0 Å². The molecule has 0 radical (unpaired) electrons. The molecular weight excluding hydrogens is 152 g/mol. The second-order valence-electron chi connectivity index (χ2n) is 2.10. The van der Waals surface area contributed by atoms with E-state index in [0.29, 0.717) is 11.1 Å². The molecule has 0 aromatic carbocycles. The molecule has 1 rings (SSSR count). The minimum Gasteiger partial charge on any atom is -0.261 e. The number of hydrogen-bond donors (Lipinski definition) is 1. The summed E-state index contributed by atoms with van der Waals surface area (Å²) in [5, 5.41) is 1.61. The van der Waals surface area contributed by atoms with Crippen LogP contribution in [-0.2, 0) is 0 Å². The van der Waals surface area contributed by atoms with Crippen LogP contribution in [0.25, 0.3) is 0 Å². The number of amidine groups is 2. The molecule has 0 saturated carbocycles. The van der Waals surface area contributed by atoms with E-state index in [-0.39, 0.29) is 6.17 Å². The van der Waals surface area contributed by atoms with Gasteiger partial charge in [-0.3, -0.25) is 5.01 Å². The van der Waals surface area contributed by atoms with E-state index in [9.17, 15) is 0 Å². The summed E-state index contributed by atoms with van der Waals surface area (Å²) in [5.41, 5.74) is 0. The molecule has 1 aliphatic heterocycles. The summed E-state index contributed by atoms with van der Waals surface area (Å²) in [7, 11) is 0.